The Morgan fingerprint density at radius 1 is 0.975 bits per heavy atom. The second-order valence-corrected chi connectivity index (χ2v) is 25.1. The van der Waals surface area contributed by atoms with Crippen LogP contribution in [0.1, 0.15) is 131 Å². The van der Waals surface area contributed by atoms with Gasteiger partial charge in [-0.25, -0.2) is 13.9 Å². The van der Waals surface area contributed by atoms with Crippen molar-refractivity contribution in [3.63, 3.8) is 0 Å². The number of carboxylic acids is 1. The summed E-state index contributed by atoms with van der Waals surface area (Å²) in [5, 5.41) is 51.2. The number of ether oxygens (including phenoxy) is 4. The van der Waals surface area contributed by atoms with E-state index in [1.54, 1.807) is 26.2 Å². The van der Waals surface area contributed by atoms with Crippen LogP contribution in [-0.2, 0) is 66.3 Å². The fraction of sp³-hybridized carbons (Fsp3) is 0.596. The van der Waals surface area contributed by atoms with Gasteiger partial charge in [-0.05, 0) is 119 Å². The molecule has 9 N–H and O–H groups in total. The molecule has 0 amide bonds. The highest BCUT2D eigenvalue weighted by Gasteiger charge is 2.68. The van der Waals surface area contributed by atoms with E-state index >= 15 is 0 Å². The summed E-state index contributed by atoms with van der Waals surface area (Å²) >= 11 is 0. The van der Waals surface area contributed by atoms with Crippen molar-refractivity contribution in [1.29, 1.82) is 0 Å². The van der Waals surface area contributed by atoms with E-state index in [0.717, 1.165) is 80.8 Å². The summed E-state index contributed by atoms with van der Waals surface area (Å²) < 4.78 is 43.4. The standard InChI is InChI=1S/C23H31NO7.C21H28O5.C13H18O2.H4O7P2/c1-15(5-7-19(25)30-13-10-24-8-11-29-12-9-24)4-6-17-21(26)20-18(14-31-23(20)27)16(2)22(17)28-3;1-19-7-5-13(23)9-12(19)3-4-14-15-6-8-21(26,17(25)11-22)20(15,2)10-16(24)18(14)19;1-9(2)8-11-4-6-12(7-5-11)10(3)13(14)15;1-8(2,3)7-9(4,5)6/h4,26H,5-14H2,1-3H3;5,7,9,14-16,18,22,24,26H,3-4,6,8,10-11H2,1-2H3;4-7,9-10H,8H2,1-3H3,(H,14,15);(H2,1,2,3)(H2,4,5,6)/b15-4+;;;/t;14-,15-,16-,18+,19-,20-,21-;;/m.0../s1. The van der Waals surface area contributed by atoms with Crippen molar-refractivity contribution in [1.82, 2.24) is 4.90 Å². The molecule has 22 nitrogen and oxygen atoms in total. The number of aromatic hydroxyl groups is 1. The highest BCUT2D eigenvalue weighted by atomic mass is 31.3. The van der Waals surface area contributed by atoms with E-state index in [9.17, 15) is 53.5 Å². The number of hydrogen-bond donors (Lipinski definition) is 9. The second kappa shape index (κ2) is 28.1. The minimum absolute atomic E-state index is 0.00912. The van der Waals surface area contributed by atoms with Gasteiger partial charge in [0, 0.05) is 53.9 Å². The lowest BCUT2D eigenvalue weighted by molar-refractivity contribution is -0.178. The zero-order valence-corrected chi connectivity index (χ0v) is 49.2. The second-order valence-electron chi connectivity index (χ2n) is 22.5. The Morgan fingerprint density at radius 3 is 2.19 bits per heavy atom. The van der Waals surface area contributed by atoms with Gasteiger partial charge >= 0.3 is 33.6 Å². The number of benzene rings is 2. The Labute approximate surface area is 472 Å². The van der Waals surface area contributed by atoms with Gasteiger partial charge in [0.25, 0.3) is 0 Å². The number of methoxy groups -OCH3 is 1. The number of carboxylic acid groups (broad SMARTS) is 1. The van der Waals surface area contributed by atoms with Gasteiger partial charge in [0.1, 0.15) is 42.5 Å². The summed E-state index contributed by atoms with van der Waals surface area (Å²) in [4.78, 5) is 92.2. The van der Waals surface area contributed by atoms with Crippen LogP contribution in [0.2, 0.25) is 0 Å². The predicted molar refractivity (Wildman–Crippen MR) is 295 cm³/mol. The zero-order chi connectivity index (χ0) is 60.4. The molecule has 24 heteroatoms. The van der Waals surface area contributed by atoms with Crippen LogP contribution in [-0.4, -0.2) is 144 Å². The number of aliphatic hydroxyl groups excluding tert-OH is 2. The maximum Gasteiger partial charge on any atom is 0.478 e. The smallest absolute Gasteiger partial charge is 0.478 e. The van der Waals surface area contributed by atoms with Crippen LogP contribution in [0.25, 0.3) is 0 Å². The molecule has 81 heavy (non-hydrogen) atoms. The molecule has 2 aromatic carbocycles. The van der Waals surface area contributed by atoms with E-state index in [4.69, 9.17) is 43.6 Å². The number of ketones is 2. The number of hydrogen-bond acceptors (Lipinski definition) is 17. The number of phenols is 1. The number of fused-ring (bicyclic) bond motifs is 6. The fourth-order valence-electron chi connectivity index (χ4n) is 12.5. The topological polar surface area (TPSA) is 351 Å². The first kappa shape index (κ1) is 66.9. The number of cyclic esters (lactones) is 1. The molecule has 450 valence electrons. The molecule has 8 rings (SSSR count). The highest BCUT2D eigenvalue weighted by molar-refractivity contribution is 7.60. The molecular weight excluding hydrogens is 1100 g/mol. The van der Waals surface area contributed by atoms with Crippen molar-refractivity contribution < 1.29 is 101 Å². The lowest BCUT2D eigenvalue weighted by atomic mass is 9.46. The third-order valence-corrected chi connectivity index (χ3v) is 18.5. The van der Waals surface area contributed by atoms with Gasteiger partial charge in [-0.1, -0.05) is 75.3 Å². The van der Waals surface area contributed by atoms with Crippen LogP contribution >= 0.6 is 15.6 Å². The molecule has 4 aliphatic carbocycles. The van der Waals surface area contributed by atoms with Crippen molar-refractivity contribution >= 4 is 45.1 Å². The van der Waals surface area contributed by atoms with Crippen LogP contribution in [0.5, 0.6) is 11.5 Å². The number of Topliss-reactive ketones (excluding diaryl/α,β-unsaturated/α-hetero) is 1. The number of morpholine rings is 1. The van der Waals surface area contributed by atoms with E-state index in [-0.39, 0.29) is 52.8 Å². The molecule has 1 saturated heterocycles. The van der Waals surface area contributed by atoms with Crippen LogP contribution in [0.3, 0.4) is 0 Å². The first-order chi connectivity index (χ1) is 37.8. The van der Waals surface area contributed by atoms with Crippen LogP contribution in [0.15, 0.2) is 59.7 Å². The summed E-state index contributed by atoms with van der Waals surface area (Å²) in [7, 11) is -8.56. The number of aliphatic carboxylic acids is 1. The third kappa shape index (κ3) is 16.7. The SMILES string of the molecule is CC(C)Cc1ccc(C(C)C(=O)O)cc1.COc1c(C)c2c(c(O)c1C/C=C(\C)CCC(=O)OCCN1CCOCC1)C(=O)OC2.C[C@]12C=CC(=O)C=C1CC[C@@H]1[C@@H]2[C@@H](O)C[C@@]2(C)[C@H]1CC[C@]2(O)C(=O)CO.O=P(O)(O)OP(=O)(O)O. The maximum atomic E-state index is 12.4. The number of carbonyl (C=O) groups excluding carboxylic acids is 4. The lowest BCUT2D eigenvalue weighted by Crippen LogP contribution is -2.61. The first-order valence-electron chi connectivity index (χ1n) is 27.1. The third-order valence-electron chi connectivity index (χ3n) is 16.8. The molecule has 2 aromatic rings. The number of phosphoric acid groups is 2. The van der Waals surface area contributed by atoms with Gasteiger partial charge in [-0.3, -0.25) is 24.1 Å². The molecule has 0 spiro atoms. The highest BCUT2D eigenvalue weighted by Crippen LogP contribution is 2.67. The van der Waals surface area contributed by atoms with Crippen molar-refractivity contribution in [2.45, 2.75) is 130 Å². The Balaban J connectivity index is 0.000000216. The van der Waals surface area contributed by atoms with Crippen molar-refractivity contribution in [2.75, 3.05) is 53.2 Å². The minimum Gasteiger partial charge on any atom is -0.507 e. The van der Waals surface area contributed by atoms with E-state index in [2.05, 4.69) is 30.0 Å². The number of phenolic OH excluding ortho intramolecular Hbond substituents is 1. The Morgan fingerprint density at radius 2 is 1.62 bits per heavy atom. The summed E-state index contributed by atoms with van der Waals surface area (Å²) in [6.07, 6.45) is 11.9. The number of nitrogens with zero attached hydrogens (tertiary/aromatic N) is 1. The fourth-order valence-corrected chi connectivity index (χ4v) is 13.6. The van der Waals surface area contributed by atoms with Crippen LogP contribution < -0.4 is 4.74 Å². The van der Waals surface area contributed by atoms with Crippen molar-refractivity contribution in [2.24, 2.45) is 34.5 Å². The van der Waals surface area contributed by atoms with E-state index in [0.29, 0.717) is 61.5 Å². The number of rotatable bonds is 17. The maximum absolute atomic E-state index is 12.4. The normalized spacial score (nSPS) is 26.3. The Bertz CT molecular complexity index is 2770. The van der Waals surface area contributed by atoms with Crippen molar-refractivity contribution in [3.05, 3.63) is 93.1 Å². The Hall–Kier alpha value is -4.93. The average molecular weight is 1180 g/mol. The summed E-state index contributed by atoms with van der Waals surface area (Å²) in [5.74, 6) is -1.06. The molecule has 2 heterocycles. The van der Waals surface area contributed by atoms with Gasteiger partial charge in [0.05, 0.1) is 32.3 Å². The Kier molecular flexibility index (Phi) is 23.2. The minimum atomic E-state index is -5.05. The number of allylic oxidation sites excluding steroid dienone is 6. The molecule has 4 fully saturated rings. The summed E-state index contributed by atoms with van der Waals surface area (Å²) in [5.41, 5.74) is 3.83. The predicted octanol–water partition coefficient (Wildman–Crippen LogP) is 6.34. The van der Waals surface area contributed by atoms with Crippen LogP contribution in [0.4, 0.5) is 0 Å². The van der Waals surface area contributed by atoms with Gasteiger partial charge in [-0.2, -0.15) is 4.31 Å². The van der Waals surface area contributed by atoms with Gasteiger partial charge < -0.3 is 64.1 Å². The van der Waals surface area contributed by atoms with Crippen molar-refractivity contribution in [3.8, 4) is 11.5 Å². The monoisotopic (exact) mass is 1180 g/mol. The van der Waals surface area contributed by atoms with Crippen LogP contribution in [0, 0.1) is 41.4 Å². The molecule has 0 bridgehead atoms. The molecule has 2 aliphatic heterocycles. The van der Waals surface area contributed by atoms with Gasteiger partial charge in [0.2, 0.25) is 0 Å². The number of carbonyl (C=O) groups is 5. The molecular formula is C57H81NO21P2. The molecule has 0 radical (unpaired) electrons. The molecule has 6 aliphatic rings. The quantitative estimate of drug-likeness (QED) is 0.0473. The first-order valence-corrected chi connectivity index (χ1v) is 30.2. The van der Waals surface area contributed by atoms with E-state index in [1.165, 1.54) is 5.56 Å². The lowest BCUT2D eigenvalue weighted by Gasteiger charge is -2.59. The largest absolute Gasteiger partial charge is 0.507 e. The number of esters is 2. The molecule has 8 atom stereocenters. The van der Waals surface area contributed by atoms with E-state index in [1.807, 2.05) is 57.2 Å². The molecule has 3 saturated carbocycles. The molecule has 1 unspecified atom stereocenters. The average Bonchev–Trinajstić information content (AvgIpc) is 4.16. The molecule has 0 aromatic heterocycles. The van der Waals surface area contributed by atoms with Gasteiger partial charge in [-0.15, -0.1) is 0 Å². The summed E-state index contributed by atoms with van der Waals surface area (Å²) in [6.45, 7) is 17.6. The van der Waals surface area contributed by atoms with E-state index < -0.39 is 63.0 Å². The number of aliphatic hydroxyl groups is 3. The zero-order valence-electron chi connectivity index (χ0n) is 47.4. The summed E-state index contributed by atoms with van der Waals surface area (Å²) in [6, 6.07) is 7.87. The van der Waals surface area contributed by atoms with Gasteiger partial charge in [0.15, 0.2) is 11.6 Å².